The first-order chi connectivity index (χ1) is 14.4. The van der Waals surface area contributed by atoms with Crippen molar-refractivity contribution in [3.05, 3.63) is 16.6 Å². The maximum Gasteiger partial charge on any atom is 0.193 e. The minimum absolute atomic E-state index is 0.173. The monoisotopic (exact) mass is 449 g/mol. The Kier molecular flexibility index (Phi) is 8.36. The van der Waals surface area contributed by atoms with Gasteiger partial charge in [-0.25, -0.2) is 4.98 Å². The van der Waals surface area contributed by atoms with Crippen LogP contribution in [0.25, 0.3) is 0 Å². The van der Waals surface area contributed by atoms with E-state index in [1.54, 1.807) is 11.3 Å². The number of aromatic nitrogens is 1. The molecule has 0 aromatic carbocycles. The van der Waals surface area contributed by atoms with Crippen LogP contribution in [0.4, 0.5) is 0 Å². The van der Waals surface area contributed by atoms with Gasteiger partial charge in [0.2, 0.25) is 0 Å². The zero-order valence-electron chi connectivity index (χ0n) is 19.9. The fourth-order valence-electron chi connectivity index (χ4n) is 6.66. The minimum Gasteiger partial charge on any atom is -0.407 e. The molecule has 0 saturated heterocycles. The third-order valence-electron chi connectivity index (χ3n) is 8.80. The van der Waals surface area contributed by atoms with Gasteiger partial charge in [-0.15, -0.1) is 11.3 Å². The fourth-order valence-corrected chi connectivity index (χ4v) is 10.3. The Morgan fingerprint density at radius 1 is 1.23 bits per heavy atom. The molecule has 170 valence electrons. The van der Waals surface area contributed by atoms with Gasteiger partial charge in [0.05, 0.1) is 6.10 Å². The lowest BCUT2D eigenvalue weighted by atomic mass is 9.62. The first-order valence-electron chi connectivity index (χ1n) is 12.5. The molecule has 0 amide bonds. The van der Waals surface area contributed by atoms with Crippen molar-refractivity contribution in [1.29, 1.82) is 0 Å². The van der Waals surface area contributed by atoms with Gasteiger partial charge >= 0.3 is 0 Å². The van der Waals surface area contributed by atoms with Crippen LogP contribution in [0.2, 0.25) is 18.1 Å². The van der Waals surface area contributed by atoms with Gasteiger partial charge in [0.1, 0.15) is 10.8 Å². The van der Waals surface area contributed by atoms with Crippen molar-refractivity contribution in [3.8, 4) is 0 Å². The first kappa shape index (κ1) is 24.1. The molecule has 0 radical (unpaired) electrons. The molecular formula is C25H43NO2SSi. The van der Waals surface area contributed by atoms with E-state index in [1.165, 1.54) is 48.8 Å². The molecule has 1 aromatic rings. The van der Waals surface area contributed by atoms with E-state index in [9.17, 15) is 4.79 Å². The van der Waals surface area contributed by atoms with Crippen molar-refractivity contribution in [2.45, 2.75) is 110 Å². The lowest BCUT2D eigenvalue weighted by Gasteiger charge is -2.42. The Hall–Kier alpha value is -0.523. The summed E-state index contributed by atoms with van der Waals surface area (Å²) in [6, 6.07) is 3.57. The molecule has 1 aromatic heterocycles. The van der Waals surface area contributed by atoms with Crippen molar-refractivity contribution >= 4 is 25.4 Å². The average Bonchev–Trinajstić information content (AvgIpc) is 3.39. The second kappa shape index (κ2) is 10.4. The Bertz CT molecular complexity index is 666. The number of carbonyl (C=O) groups excluding carboxylic acids is 1. The number of hydrogen-bond donors (Lipinski definition) is 0. The molecule has 1 heterocycles. The van der Waals surface area contributed by atoms with Gasteiger partial charge in [-0.05, 0) is 67.5 Å². The number of rotatable bonds is 11. The summed E-state index contributed by atoms with van der Waals surface area (Å²) in [5.74, 6) is 2.29. The van der Waals surface area contributed by atoms with E-state index in [0.717, 1.165) is 25.7 Å². The normalized spacial score (nSPS) is 29.0. The highest BCUT2D eigenvalue weighted by atomic mass is 32.1. The molecule has 0 N–H and O–H groups in total. The van der Waals surface area contributed by atoms with Crippen LogP contribution in [0.15, 0.2) is 11.6 Å². The van der Waals surface area contributed by atoms with E-state index in [2.05, 4.69) is 45.0 Å². The van der Waals surface area contributed by atoms with Crippen LogP contribution in [0, 0.1) is 23.2 Å². The highest BCUT2D eigenvalue weighted by Crippen LogP contribution is 2.57. The average molecular weight is 450 g/mol. The van der Waals surface area contributed by atoms with Crippen molar-refractivity contribution < 1.29 is 9.22 Å². The van der Waals surface area contributed by atoms with E-state index < -0.39 is 8.32 Å². The summed E-state index contributed by atoms with van der Waals surface area (Å²) >= 11 is 1.75. The highest BCUT2D eigenvalue weighted by molar-refractivity contribution is 7.09. The number of thiazole rings is 1. The number of fused-ring (bicyclic) bond motifs is 1. The molecule has 2 aliphatic rings. The summed E-state index contributed by atoms with van der Waals surface area (Å²) in [6.07, 6.45) is 11.2. The van der Waals surface area contributed by atoms with E-state index in [0.29, 0.717) is 23.5 Å². The summed E-state index contributed by atoms with van der Waals surface area (Å²) in [4.78, 5) is 17.1. The molecule has 0 bridgehead atoms. The van der Waals surface area contributed by atoms with Crippen LogP contribution in [-0.4, -0.2) is 19.1 Å². The third-order valence-corrected chi connectivity index (χ3v) is 14.3. The SMILES string of the molecule is CC[Si](CC)(CC)OC(CCCC(C)C1CCC2C(=O)CCCC21C)c1nccs1. The van der Waals surface area contributed by atoms with Crippen LogP contribution in [0.1, 0.15) is 97.1 Å². The molecule has 0 spiro atoms. The standard InChI is InChI=1S/C25H43NO2SSi/c1-6-30(7-2,8-3)28-23(24-26-17-18-29-24)13-9-11-19(4)20-14-15-21-22(27)12-10-16-25(20,21)5/h17-21,23H,6-16H2,1-5H3. The largest absolute Gasteiger partial charge is 0.407 e. The molecule has 2 fully saturated rings. The molecule has 2 saturated carbocycles. The van der Waals surface area contributed by atoms with E-state index >= 15 is 0 Å². The first-order valence-corrected chi connectivity index (χ1v) is 15.9. The second-order valence-electron chi connectivity index (χ2n) is 10.2. The van der Waals surface area contributed by atoms with Crippen LogP contribution < -0.4 is 0 Å². The van der Waals surface area contributed by atoms with Crippen LogP contribution in [0.3, 0.4) is 0 Å². The quantitative estimate of drug-likeness (QED) is 0.323. The summed E-state index contributed by atoms with van der Waals surface area (Å²) in [5.41, 5.74) is 0.259. The maximum absolute atomic E-state index is 12.5. The zero-order chi connectivity index (χ0) is 21.8. The number of ketones is 1. The van der Waals surface area contributed by atoms with Crippen LogP contribution >= 0.6 is 11.3 Å². The van der Waals surface area contributed by atoms with Crippen LogP contribution in [-0.2, 0) is 9.22 Å². The number of Topliss-reactive ketones (excluding diaryl/α,β-unsaturated/α-hetero) is 1. The Morgan fingerprint density at radius 2 is 1.97 bits per heavy atom. The van der Waals surface area contributed by atoms with Gasteiger partial charge in [0.25, 0.3) is 0 Å². The zero-order valence-corrected chi connectivity index (χ0v) is 21.7. The summed E-state index contributed by atoms with van der Waals surface area (Å²) in [6.45, 7) is 11.8. The lowest BCUT2D eigenvalue weighted by Crippen LogP contribution is -2.39. The molecule has 5 heteroatoms. The van der Waals surface area contributed by atoms with Crippen molar-refractivity contribution in [2.75, 3.05) is 0 Å². The van der Waals surface area contributed by atoms with Crippen molar-refractivity contribution in [1.82, 2.24) is 4.98 Å². The predicted octanol–water partition coefficient (Wildman–Crippen LogP) is 7.80. The second-order valence-corrected chi connectivity index (χ2v) is 15.8. The van der Waals surface area contributed by atoms with E-state index in [-0.39, 0.29) is 11.5 Å². The van der Waals surface area contributed by atoms with Crippen molar-refractivity contribution in [3.63, 3.8) is 0 Å². The van der Waals surface area contributed by atoms with Crippen molar-refractivity contribution in [2.24, 2.45) is 23.2 Å². The number of nitrogens with zero attached hydrogens (tertiary/aromatic N) is 1. The maximum atomic E-state index is 12.5. The molecule has 5 unspecified atom stereocenters. The topological polar surface area (TPSA) is 39.2 Å². The minimum atomic E-state index is -1.65. The van der Waals surface area contributed by atoms with Gasteiger partial charge in [-0.1, -0.05) is 47.5 Å². The molecule has 3 nitrogen and oxygen atoms in total. The summed E-state index contributed by atoms with van der Waals surface area (Å²) in [7, 11) is -1.65. The van der Waals surface area contributed by atoms with Gasteiger partial charge in [-0.3, -0.25) is 4.79 Å². The Labute approximate surface area is 189 Å². The van der Waals surface area contributed by atoms with Gasteiger partial charge in [0, 0.05) is 23.9 Å². The number of hydrogen-bond acceptors (Lipinski definition) is 4. The van der Waals surface area contributed by atoms with Gasteiger partial charge in [0.15, 0.2) is 8.32 Å². The predicted molar refractivity (Wildman–Crippen MR) is 129 cm³/mol. The molecule has 5 atom stereocenters. The fraction of sp³-hybridized carbons (Fsp3) is 0.840. The molecular weight excluding hydrogens is 406 g/mol. The molecule has 0 aliphatic heterocycles. The summed E-state index contributed by atoms with van der Waals surface area (Å²) < 4.78 is 6.90. The Morgan fingerprint density at radius 3 is 2.60 bits per heavy atom. The summed E-state index contributed by atoms with van der Waals surface area (Å²) in [5, 5.41) is 3.25. The lowest BCUT2D eigenvalue weighted by molar-refractivity contribution is -0.130. The smallest absolute Gasteiger partial charge is 0.193 e. The van der Waals surface area contributed by atoms with Gasteiger partial charge < -0.3 is 4.43 Å². The number of carbonyl (C=O) groups is 1. The third kappa shape index (κ3) is 4.93. The molecule has 2 aliphatic carbocycles. The highest BCUT2D eigenvalue weighted by Gasteiger charge is 2.52. The van der Waals surface area contributed by atoms with Gasteiger partial charge in [-0.2, -0.15) is 0 Å². The van der Waals surface area contributed by atoms with E-state index in [1.807, 2.05) is 6.20 Å². The van der Waals surface area contributed by atoms with E-state index in [4.69, 9.17) is 4.43 Å². The Balaban J connectivity index is 1.60. The molecule has 30 heavy (non-hydrogen) atoms. The van der Waals surface area contributed by atoms with Crippen LogP contribution in [0.5, 0.6) is 0 Å². The molecule has 3 rings (SSSR count).